The molecule has 0 aromatic heterocycles. The molecule has 1 unspecified atom stereocenters. The Balaban J connectivity index is 2.94. The van der Waals surface area contributed by atoms with Crippen molar-refractivity contribution in [1.29, 1.82) is 15.9 Å². The summed E-state index contributed by atoms with van der Waals surface area (Å²) >= 11 is 0. The largest absolute Gasteiger partial charge is 0.291 e. The summed E-state index contributed by atoms with van der Waals surface area (Å²) in [6.07, 6.45) is 1.23. The van der Waals surface area contributed by atoms with Crippen LogP contribution in [0.4, 0.5) is 5.69 Å². The molecular weight excluding hydrogens is 234 g/mol. The minimum absolute atomic E-state index is 0.0946. The van der Waals surface area contributed by atoms with E-state index in [0.29, 0.717) is 5.56 Å². The lowest BCUT2D eigenvalue weighted by Gasteiger charge is -1.97. The van der Waals surface area contributed by atoms with Gasteiger partial charge in [0.05, 0.1) is 11.0 Å². The predicted molar refractivity (Wildman–Crippen MR) is 63.4 cm³/mol. The molecule has 0 fully saturated rings. The summed E-state index contributed by atoms with van der Waals surface area (Å²) < 4.78 is 0. The van der Waals surface area contributed by atoms with E-state index in [-0.39, 0.29) is 5.69 Å². The maximum Gasteiger partial charge on any atom is 0.270 e. The summed E-state index contributed by atoms with van der Waals surface area (Å²) in [5, 5.41) is 34.8. The summed E-state index contributed by atoms with van der Waals surface area (Å²) in [6, 6.07) is 7.68. The first kappa shape index (κ1) is 13.0. The molecule has 7 nitrogen and oxygen atoms in total. The van der Waals surface area contributed by atoms with E-state index < -0.39 is 16.7 Å². The third-order valence-electron chi connectivity index (χ3n) is 1.97. The third kappa shape index (κ3) is 3.22. The molecule has 0 heterocycles. The first-order valence-corrected chi connectivity index (χ1v) is 4.74. The molecule has 0 aliphatic carbocycles. The van der Waals surface area contributed by atoms with Crippen LogP contribution in [0.5, 0.6) is 0 Å². The molecule has 0 bridgehead atoms. The average molecular weight is 241 g/mol. The van der Waals surface area contributed by atoms with Gasteiger partial charge in [-0.3, -0.25) is 20.5 Å². The van der Waals surface area contributed by atoms with Gasteiger partial charge in [0.2, 0.25) is 0 Å². The minimum atomic E-state index is -1.19. The second-order valence-corrected chi connectivity index (χ2v) is 3.19. The molecule has 1 N–H and O–H groups in total. The topological polar surface area (TPSA) is 127 Å². The maximum absolute atomic E-state index is 10.5. The van der Waals surface area contributed by atoms with E-state index >= 15 is 0 Å². The number of nitriles is 2. The zero-order valence-electron chi connectivity index (χ0n) is 9.07. The van der Waals surface area contributed by atoms with Crippen molar-refractivity contribution in [2.24, 2.45) is 4.99 Å². The summed E-state index contributed by atoms with van der Waals surface area (Å²) in [7, 11) is 0. The van der Waals surface area contributed by atoms with E-state index in [9.17, 15) is 10.1 Å². The van der Waals surface area contributed by atoms with Gasteiger partial charge in [0.25, 0.3) is 5.69 Å². The molecule has 18 heavy (non-hydrogen) atoms. The lowest BCUT2D eigenvalue weighted by atomic mass is 10.2. The van der Waals surface area contributed by atoms with Gasteiger partial charge in [-0.15, -0.1) is 0 Å². The zero-order valence-corrected chi connectivity index (χ0v) is 9.07. The number of hydrogen-bond acceptors (Lipinski definition) is 6. The Kier molecular flexibility index (Phi) is 4.24. The Morgan fingerprint density at radius 3 is 2.83 bits per heavy atom. The fourth-order valence-electron chi connectivity index (χ4n) is 1.11. The molecule has 1 aromatic rings. The van der Waals surface area contributed by atoms with Crippen molar-refractivity contribution in [3.63, 3.8) is 0 Å². The van der Waals surface area contributed by atoms with Crippen LogP contribution in [-0.2, 0) is 0 Å². The molecule has 0 saturated carbocycles. The van der Waals surface area contributed by atoms with Gasteiger partial charge < -0.3 is 0 Å². The number of nitro benzene ring substituents is 1. The molecule has 1 atom stereocenters. The van der Waals surface area contributed by atoms with Gasteiger partial charge in [-0.05, 0) is 5.56 Å². The molecule has 0 radical (unpaired) electrons. The van der Waals surface area contributed by atoms with Crippen LogP contribution in [-0.4, -0.2) is 22.9 Å². The first-order chi connectivity index (χ1) is 8.58. The monoisotopic (exact) mass is 241 g/mol. The SMILES string of the molecule is N#CC(=N)C(C#N)N=Cc1cccc([N+](=O)[O-])c1. The summed E-state index contributed by atoms with van der Waals surface area (Å²) in [6.45, 7) is 0. The standard InChI is InChI=1S/C11H7N5O2/c12-5-10(14)11(6-13)15-7-8-2-1-3-9(4-8)16(17)18/h1-4,7,11,14H. The zero-order chi connectivity index (χ0) is 13.5. The van der Waals surface area contributed by atoms with E-state index in [1.165, 1.54) is 30.5 Å². The fraction of sp³-hybridized carbons (Fsp3) is 0.0909. The van der Waals surface area contributed by atoms with Crippen molar-refractivity contribution in [3.8, 4) is 12.1 Å². The molecule has 0 spiro atoms. The molecule has 88 valence electrons. The lowest BCUT2D eigenvalue weighted by Crippen LogP contribution is -2.13. The van der Waals surface area contributed by atoms with Crippen LogP contribution < -0.4 is 0 Å². The van der Waals surface area contributed by atoms with Crippen molar-refractivity contribution in [1.82, 2.24) is 0 Å². The maximum atomic E-state index is 10.5. The van der Waals surface area contributed by atoms with Gasteiger partial charge in [0.15, 0.2) is 6.04 Å². The Hall–Kier alpha value is -3.06. The van der Waals surface area contributed by atoms with Crippen molar-refractivity contribution in [3.05, 3.63) is 39.9 Å². The Labute approximate surface area is 102 Å². The molecule has 0 aliphatic heterocycles. The highest BCUT2D eigenvalue weighted by atomic mass is 16.6. The van der Waals surface area contributed by atoms with Crippen molar-refractivity contribution >= 4 is 17.6 Å². The third-order valence-corrected chi connectivity index (χ3v) is 1.97. The Morgan fingerprint density at radius 1 is 1.56 bits per heavy atom. The van der Waals surface area contributed by atoms with Crippen LogP contribution in [0.15, 0.2) is 29.3 Å². The molecule has 1 aromatic carbocycles. The molecule has 1 rings (SSSR count). The molecule has 0 amide bonds. The van der Waals surface area contributed by atoms with Gasteiger partial charge in [-0.1, -0.05) is 12.1 Å². The van der Waals surface area contributed by atoms with Gasteiger partial charge in [0.1, 0.15) is 11.8 Å². The van der Waals surface area contributed by atoms with Crippen molar-refractivity contribution in [2.75, 3.05) is 0 Å². The summed E-state index contributed by atoms with van der Waals surface area (Å²) in [5.41, 5.74) is -0.141. The van der Waals surface area contributed by atoms with Crippen LogP contribution in [0.25, 0.3) is 0 Å². The van der Waals surface area contributed by atoms with E-state index in [0.717, 1.165) is 0 Å². The number of nitrogens with one attached hydrogen (secondary N) is 1. The first-order valence-electron chi connectivity index (χ1n) is 4.74. The smallest absolute Gasteiger partial charge is 0.270 e. The predicted octanol–water partition coefficient (Wildman–Crippen LogP) is 1.45. The molecule has 7 heteroatoms. The molecule has 0 aliphatic rings. The normalized spacial score (nSPS) is 11.4. The highest BCUT2D eigenvalue weighted by Gasteiger charge is 2.10. The van der Waals surface area contributed by atoms with Crippen LogP contribution in [0.1, 0.15) is 5.56 Å². The van der Waals surface area contributed by atoms with Crippen molar-refractivity contribution in [2.45, 2.75) is 6.04 Å². The van der Waals surface area contributed by atoms with Gasteiger partial charge in [-0.2, -0.15) is 10.5 Å². The van der Waals surface area contributed by atoms with Gasteiger partial charge in [-0.25, -0.2) is 0 Å². The fourth-order valence-corrected chi connectivity index (χ4v) is 1.11. The van der Waals surface area contributed by atoms with E-state index in [2.05, 4.69) is 4.99 Å². The number of non-ortho nitro benzene ring substituents is 1. The Bertz CT molecular complexity index is 594. The summed E-state index contributed by atoms with van der Waals surface area (Å²) in [4.78, 5) is 13.7. The lowest BCUT2D eigenvalue weighted by molar-refractivity contribution is -0.384. The van der Waals surface area contributed by atoms with Gasteiger partial charge >= 0.3 is 0 Å². The minimum Gasteiger partial charge on any atom is -0.291 e. The van der Waals surface area contributed by atoms with E-state index in [4.69, 9.17) is 15.9 Å². The number of aliphatic imine (C=N–C) groups is 1. The van der Waals surface area contributed by atoms with Crippen LogP contribution >= 0.6 is 0 Å². The van der Waals surface area contributed by atoms with E-state index in [1.54, 1.807) is 12.1 Å². The number of nitrogens with zero attached hydrogens (tertiary/aromatic N) is 4. The number of hydrogen-bond donors (Lipinski definition) is 1. The van der Waals surface area contributed by atoms with Crippen LogP contribution in [0, 0.1) is 38.2 Å². The van der Waals surface area contributed by atoms with Crippen LogP contribution in [0.2, 0.25) is 0 Å². The average Bonchev–Trinajstić information content (AvgIpc) is 2.39. The summed E-state index contributed by atoms with van der Waals surface area (Å²) in [5.74, 6) is 0. The van der Waals surface area contributed by atoms with E-state index in [1.807, 2.05) is 0 Å². The number of rotatable bonds is 4. The van der Waals surface area contributed by atoms with Crippen molar-refractivity contribution < 1.29 is 4.92 Å². The quantitative estimate of drug-likeness (QED) is 0.486. The number of benzene rings is 1. The Morgan fingerprint density at radius 2 is 2.28 bits per heavy atom. The molecular formula is C11H7N5O2. The van der Waals surface area contributed by atoms with Crippen LogP contribution in [0.3, 0.4) is 0 Å². The second kappa shape index (κ2) is 5.87. The van der Waals surface area contributed by atoms with Gasteiger partial charge in [0, 0.05) is 18.3 Å². The second-order valence-electron chi connectivity index (χ2n) is 3.19. The number of nitro groups is 1. The highest BCUT2D eigenvalue weighted by Crippen LogP contribution is 2.11. The molecule has 0 saturated heterocycles. The highest BCUT2D eigenvalue weighted by molar-refractivity contribution is 6.03.